The van der Waals surface area contributed by atoms with Gasteiger partial charge in [-0.2, -0.15) is 8.78 Å². The van der Waals surface area contributed by atoms with E-state index in [-0.39, 0.29) is 23.3 Å². The van der Waals surface area contributed by atoms with Crippen LogP contribution in [0, 0.1) is 10.1 Å². The van der Waals surface area contributed by atoms with E-state index in [0.717, 1.165) is 44.6 Å². The molecule has 0 bridgehead atoms. The van der Waals surface area contributed by atoms with Crippen LogP contribution in [0.5, 0.6) is 11.5 Å². The summed E-state index contributed by atoms with van der Waals surface area (Å²) >= 11 is 0. The van der Waals surface area contributed by atoms with Crippen molar-refractivity contribution in [2.24, 2.45) is 0 Å². The van der Waals surface area contributed by atoms with Crippen molar-refractivity contribution >= 4 is 17.7 Å². The van der Waals surface area contributed by atoms with Crippen molar-refractivity contribution in [1.82, 2.24) is 5.32 Å². The van der Waals surface area contributed by atoms with E-state index in [1.807, 2.05) is 0 Å². The summed E-state index contributed by atoms with van der Waals surface area (Å²) in [6.45, 7) is -3.15. The minimum Gasteiger partial charge on any atom is -0.493 e. The molecule has 1 aliphatic rings. The van der Waals surface area contributed by atoms with E-state index in [1.54, 1.807) is 0 Å². The second-order valence-electron chi connectivity index (χ2n) is 6.23. The van der Waals surface area contributed by atoms with Crippen LogP contribution in [0.4, 0.5) is 14.5 Å². The van der Waals surface area contributed by atoms with Crippen LogP contribution in [0.1, 0.15) is 44.1 Å². The molecule has 0 heterocycles. The van der Waals surface area contributed by atoms with E-state index in [1.165, 1.54) is 25.3 Å². The number of ether oxygens (including phenoxy) is 2. The number of nitro benzene ring substituents is 1. The minimum atomic E-state index is -3.15. The molecule has 0 aliphatic heterocycles. The molecule has 1 fully saturated rings. The molecule has 0 atom stereocenters. The first kappa shape index (κ1) is 20.6. The molecular formula is C18H22F2N2O5. The maximum absolute atomic E-state index is 12.5. The fraction of sp³-hybridized carbons (Fsp3) is 0.500. The molecule has 7 nitrogen and oxygen atoms in total. The SMILES string of the molecule is COc1cc(/C=C/C(=O)NC2CCCCCC2)c([N+](=O)[O-])cc1OC(F)F. The number of nitrogens with one attached hydrogen (secondary N) is 1. The molecule has 1 saturated carbocycles. The van der Waals surface area contributed by atoms with Gasteiger partial charge in [-0.15, -0.1) is 0 Å². The summed E-state index contributed by atoms with van der Waals surface area (Å²) in [6.07, 6.45) is 8.70. The van der Waals surface area contributed by atoms with Crippen molar-refractivity contribution in [3.8, 4) is 11.5 Å². The zero-order valence-corrected chi connectivity index (χ0v) is 15.0. The number of carbonyl (C=O) groups is 1. The Hall–Kier alpha value is -2.71. The number of hydrogen-bond donors (Lipinski definition) is 1. The number of benzene rings is 1. The molecule has 148 valence electrons. The predicted octanol–water partition coefficient (Wildman–Crippen LogP) is 4.06. The Morgan fingerprint density at radius 1 is 1.26 bits per heavy atom. The van der Waals surface area contributed by atoms with E-state index in [4.69, 9.17) is 4.74 Å². The molecule has 9 heteroatoms. The lowest BCUT2D eigenvalue weighted by Crippen LogP contribution is -2.33. The summed E-state index contributed by atoms with van der Waals surface area (Å²) in [5.41, 5.74) is -0.417. The van der Waals surface area contributed by atoms with Gasteiger partial charge < -0.3 is 14.8 Å². The molecule has 0 spiro atoms. The molecule has 1 aromatic carbocycles. The van der Waals surface area contributed by atoms with Gasteiger partial charge in [0.1, 0.15) is 0 Å². The topological polar surface area (TPSA) is 90.7 Å². The van der Waals surface area contributed by atoms with Crippen LogP contribution in [0.3, 0.4) is 0 Å². The van der Waals surface area contributed by atoms with E-state index in [9.17, 15) is 23.7 Å². The largest absolute Gasteiger partial charge is 0.493 e. The smallest absolute Gasteiger partial charge is 0.387 e. The van der Waals surface area contributed by atoms with E-state index in [2.05, 4.69) is 10.1 Å². The highest BCUT2D eigenvalue weighted by Gasteiger charge is 2.21. The van der Waals surface area contributed by atoms with Crippen LogP contribution in [-0.4, -0.2) is 30.6 Å². The number of halogens is 2. The number of nitro groups is 1. The highest BCUT2D eigenvalue weighted by molar-refractivity contribution is 5.92. The molecule has 0 unspecified atom stereocenters. The van der Waals surface area contributed by atoms with E-state index < -0.39 is 23.0 Å². The zero-order valence-electron chi connectivity index (χ0n) is 15.0. The first-order valence-electron chi connectivity index (χ1n) is 8.70. The summed E-state index contributed by atoms with van der Waals surface area (Å²) in [4.78, 5) is 22.6. The van der Waals surface area contributed by atoms with Gasteiger partial charge in [0.25, 0.3) is 5.69 Å². The van der Waals surface area contributed by atoms with Crippen LogP contribution < -0.4 is 14.8 Å². The number of rotatable bonds is 7. The number of alkyl halides is 2. The molecule has 27 heavy (non-hydrogen) atoms. The van der Waals surface area contributed by atoms with E-state index >= 15 is 0 Å². The zero-order chi connectivity index (χ0) is 19.8. The first-order valence-corrected chi connectivity index (χ1v) is 8.70. The Morgan fingerprint density at radius 3 is 2.48 bits per heavy atom. The van der Waals surface area contributed by atoms with Gasteiger partial charge in [0.15, 0.2) is 11.5 Å². The van der Waals surface area contributed by atoms with Gasteiger partial charge >= 0.3 is 6.61 Å². The third-order valence-electron chi connectivity index (χ3n) is 4.34. The first-order chi connectivity index (χ1) is 12.9. The fourth-order valence-electron chi connectivity index (χ4n) is 3.04. The van der Waals surface area contributed by atoms with Crippen molar-refractivity contribution in [2.45, 2.75) is 51.2 Å². The summed E-state index contributed by atoms with van der Waals surface area (Å²) < 4.78 is 34.1. The number of carbonyl (C=O) groups excluding carboxylic acids is 1. The van der Waals surface area contributed by atoms with Gasteiger partial charge in [-0.25, -0.2) is 0 Å². The maximum atomic E-state index is 12.5. The van der Waals surface area contributed by atoms with Crippen molar-refractivity contribution < 1.29 is 28.0 Å². The quantitative estimate of drug-likeness (QED) is 0.331. The van der Waals surface area contributed by atoms with Gasteiger partial charge in [0.2, 0.25) is 5.91 Å². The molecule has 0 radical (unpaired) electrons. The Kier molecular flexibility index (Phi) is 7.51. The standard InChI is InChI=1S/C18H22F2N2O5/c1-26-15-10-12(14(22(24)25)11-16(15)27-18(19)20)8-9-17(23)21-13-6-4-2-3-5-7-13/h8-11,13,18H,2-7H2,1H3,(H,21,23)/b9-8+. The second kappa shape index (κ2) is 9.84. The summed E-state index contributed by atoms with van der Waals surface area (Å²) in [5, 5.41) is 14.1. The monoisotopic (exact) mass is 384 g/mol. The van der Waals surface area contributed by atoms with E-state index in [0.29, 0.717) is 0 Å². The number of nitrogens with zero attached hydrogens (tertiary/aromatic N) is 1. The summed E-state index contributed by atoms with van der Waals surface area (Å²) in [6, 6.07) is 2.13. The van der Waals surface area contributed by atoms with Crippen molar-refractivity contribution in [3.05, 3.63) is 33.9 Å². The lowest BCUT2D eigenvalue weighted by atomic mass is 10.1. The minimum absolute atomic E-state index is 0.0504. The lowest BCUT2D eigenvalue weighted by Gasteiger charge is -2.14. The molecule has 0 aromatic heterocycles. The van der Waals surface area contributed by atoms with Gasteiger partial charge in [0, 0.05) is 12.1 Å². The van der Waals surface area contributed by atoms with Crippen LogP contribution >= 0.6 is 0 Å². The van der Waals surface area contributed by atoms with Crippen molar-refractivity contribution in [1.29, 1.82) is 0 Å². The Balaban J connectivity index is 2.18. The average molecular weight is 384 g/mol. The van der Waals surface area contributed by atoms with Gasteiger partial charge in [0.05, 0.1) is 23.7 Å². The van der Waals surface area contributed by atoms with Gasteiger partial charge in [-0.3, -0.25) is 14.9 Å². The van der Waals surface area contributed by atoms with Crippen molar-refractivity contribution in [2.75, 3.05) is 7.11 Å². The Bertz CT molecular complexity index is 701. The maximum Gasteiger partial charge on any atom is 0.387 e. The second-order valence-corrected chi connectivity index (χ2v) is 6.23. The van der Waals surface area contributed by atoms with Gasteiger partial charge in [-0.05, 0) is 25.0 Å². The summed E-state index contributed by atoms with van der Waals surface area (Å²) in [5.74, 6) is -0.896. The molecule has 1 amide bonds. The highest BCUT2D eigenvalue weighted by Crippen LogP contribution is 2.36. The third kappa shape index (κ3) is 6.19. The van der Waals surface area contributed by atoms with Crippen LogP contribution in [-0.2, 0) is 4.79 Å². The third-order valence-corrected chi connectivity index (χ3v) is 4.34. The Labute approximate surface area is 155 Å². The number of amides is 1. The van der Waals surface area contributed by atoms with Crippen molar-refractivity contribution in [3.63, 3.8) is 0 Å². The van der Waals surface area contributed by atoms with Crippen LogP contribution in [0.15, 0.2) is 18.2 Å². The highest BCUT2D eigenvalue weighted by atomic mass is 19.3. The predicted molar refractivity (Wildman–Crippen MR) is 94.9 cm³/mol. The summed E-state index contributed by atoms with van der Waals surface area (Å²) in [7, 11) is 1.23. The molecule has 1 N–H and O–H groups in total. The average Bonchev–Trinajstić information content (AvgIpc) is 2.88. The number of methoxy groups -OCH3 is 1. The fourth-order valence-corrected chi connectivity index (χ4v) is 3.04. The molecule has 1 aromatic rings. The Morgan fingerprint density at radius 2 is 1.93 bits per heavy atom. The van der Waals surface area contributed by atoms with Crippen LogP contribution in [0.25, 0.3) is 6.08 Å². The molecule has 0 saturated heterocycles. The molecule has 1 aliphatic carbocycles. The lowest BCUT2D eigenvalue weighted by molar-refractivity contribution is -0.385. The molecule has 2 rings (SSSR count). The van der Waals surface area contributed by atoms with Gasteiger partial charge in [-0.1, -0.05) is 25.7 Å². The normalized spacial score (nSPS) is 15.6. The number of hydrogen-bond acceptors (Lipinski definition) is 5. The molecular weight excluding hydrogens is 362 g/mol. The van der Waals surface area contributed by atoms with Crippen LogP contribution in [0.2, 0.25) is 0 Å².